The van der Waals surface area contributed by atoms with E-state index in [9.17, 15) is 4.79 Å². The van der Waals surface area contributed by atoms with Crippen molar-refractivity contribution in [2.45, 2.75) is 20.3 Å². The van der Waals surface area contributed by atoms with E-state index in [2.05, 4.69) is 22.0 Å². The van der Waals surface area contributed by atoms with E-state index in [1.165, 1.54) is 0 Å². The van der Waals surface area contributed by atoms with Gasteiger partial charge in [0.2, 0.25) is 5.91 Å². The number of halogens is 1. The van der Waals surface area contributed by atoms with Gasteiger partial charge in [-0.25, -0.2) is 0 Å². The number of benzene rings is 1. The Morgan fingerprint density at radius 2 is 2.18 bits per heavy atom. The maximum absolute atomic E-state index is 12.0. The SMILES string of the molecule is Cc1cc(C)c(N2CC(CBr)CC2=O)c(N)c1. The maximum atomic E-state index is 12.0. The minimum atomic E-state index is 0.174. The van der Waals surface area contributed by atoms with Crippen LogP contribution < -0.4 is 10.6 Å². The molecule has 0 spiro atoms. The minimum Gasteiger partial charge on any atom is -0.397 e. The number of amides is 1. The van der Waals surface area contributed by atoms with Gasteiger partial charge in [0.05, 0.1) is 11.4 Å². The summed E-state index contributed by atoms with van der Waals surface area (Å²) in [5, 5.41) is 0.861. The van der Waals surface area contributed by atoms with Crippen LogP contribution in [0.1, 0.15) is 17.5 Å². The molecule has 3 nitrogen and oxygen atoms in total. The molecule has 92 valence electrons. The number of hydrogen-bond donors (Lipinski definition) is 1. The second-order valence-corrected chi connectivity index (χ2v) is 5.40. The molecule has 2 rings (SSSR count). The highest BCUT2D eigenvalue weighted by molar-refractivity contribution is 9.09. The Kier molecular flexibility index (Phi) is 3.43. The molecule has 0 bridgehead atoms. The van der Waals surface area contributed by atoms with E-state index in [0.717, 1.165) is 28.7 Å². The van der Waals surface area contributed by atoms with Crippen LogP contribution in [0.5, 0.6) is 0 Å². The van der Waals surface area contributed by atoms with Gasteiger partial charge in [-0.05, 0) is 37.0 Å². The van der Waals surface area contributed by atoms with Crippen LogP contribution in [-0.2, 0) is 4.79 Å². The molecule has 1 aromatic rings. The Bertz CT molecular complexity index is 436. The van der Waals surface area contributed by atoms with Gasteiger partial charge in [0, 0.05) is 18.3 Å². The first-order valence-corrected chi connectivity index (χ1v) is 6.88. The van der Waals surface area contributed by atoms with Gasteiger partial charge in [-0.3, -0.25) is 4.79 Å². The molecule has 0 radical (unpaired) electrons. The molecule has 1 fully saturated rings. The van der Waals surface area contributed by atoms with Gasteiger partial charge in [-0.1, -0.05) is 22.0 Å². The van der Waals surface area contributed by atoms with Crippen molar-refractivity contribution in [3.05, 3.63) is 23.3 Å². The number of nitrogen functional groups attached to an aromatic ring is 1. The van der Waals surface area contributed by atoms with Crippen LogP contribution in [0.25, 0.3) is 0 Å². The van der Waals surface area contributed by atoms with Crippen molar-refractivity contribution in [2.75, 3.05) is 22.5 Å². The summed E-state index contributed by atoms with van der Waals surface area (Å²) in [7, 11) is 0. The van der Waals surface area contributed by atoms with Crippen LogP contribution in [0.2, 0.25) is 0 Å². The molecule has 1 aromatic carbocycles. The summed E-state index contributed by atoms with van der Waals surface area (Å²) < 4.78 is 0. The molecule has 2 N–H and O–H groups in total. The van der Waals surface area contributed by atoms with Crippen LogP contribution in [0, 0.1) is 19.8 Å². The first kappa shape index (κ1) is 12.4. The third-order valence-electron chi connectivity index (χ3n) is 3.17. The Labute approximate surface area is 110 Å². The molecule has 1 amide bonds. The number of alkyl halides is 1. The molecule has 0 aromatic heterocycles. The van der Waals surface area contributed by atoms with E-state index < -0.39 is 0 Å². The fourth-order valence-electron chi connectivity index (χ4n) is 2.46. The zero-order chi connectivity index (χ0) is 12.6. The van der Waals surface area contributed by atoms with Crippen LogP contribution in [0.4, 0.5) is 11.4 Å². The summed E-state index contributed by atoms with van der Waals surface area (Å²) in [5.41, 5.74) is 9.85. The van der Waals surface area contributed by atoms with Crippen molar-refractivity contribution < 1.29 is 4.79 Å². The van der Waals surface area contributed by atoms with E-state index in [-0.39, 0.29) is 5.91 Å². The van der Waals surface area contributed by atoms with Gasteiger partial charge in [0.25, 0.3) is 0 Å². The predicted molar refractivity (Wildman–Crippen MR) is 74.6 cm³/mol. The maximum Gasteiger partial charge on any atom is 0.227 e. The number of aryl methyl sites for hydroxylation is 2. The number of nitrogens with zero attached hydrogens (tertiary/aromatic N) is 1. The van der Waals surface area contributed by atoms with Crippen LogP contribution in [0.3, 0.4) is 0 Å². The molecule has 1 unspecified atom stereocenters. The number of hydrogen-bond acceptors (Lipinski definition) is 2. The van der Waals surface area contributed by atoms with Crippen LogP contribution in [0.15, 0.2) is 12.1 Å². The number of rotatable bonds is 2. The van der Waals surface area contributed by atoms with Gasteiger partial charge < -0.3 is 10.6 Å². The molecule has 1 aliphatic rings. The molecule has 17 heavy (non-hydrogen) atoms. The summed E-state index contributed by atoms with van der Waals surface area (Å²) in [6.45, 7) is 4.78. The average Bonchev–Trinajstić information content (AvgIpc) is 2.59. The van der Waals surface area contributed by atoms with Crippen LogP contribution >= 0.6 is 15.9 Å². The zero-order valence-electron chi connectivity index (χ0n) is 10.2. The summed E-state index contributed by atoms with van der Waals surface area (Å²) >= 11 is 3.44. The number of carbonyl (C=O) groups excluding carboxylic acids is 1. The van der Waals surface area contributed by atoms with E-state index >= 15 is 0 Å². The van der Waals surface area contributed by atoms with Crippen molar-refractivity contribution in [3.8, 4) is 0 Å². The highest BCUT2D eigenvalue weighted by Gasteiger charge is 2.31. The minimum absolute atomic E-state index is 0.174. The molecule has 4 heteroatoms. The molecule has 0 aliphatic carbocycles. The first-order chi connectivity index (χ1) is 8.02. The van der Waals surface area contributed by atoms with Gasteiger partial charge >= 0.3 is 0 Å². The topological polar surface area (TPSA) is 46.3 Å². The van der Waals surface area contributed by atoms with Crippen LogP contribution in [-0.4, -0.2) is 17.8 Å². The Morgan fingerprint density at radius 1 is 1.47 bits per heavy atom. The Hall–Kier alpha value is -1.03. The Morgan fingerprint density at radius 3 is 2.71 bits per heavy atom. The van der Waals surface area contributed by atoms with E-state index in [0.29, 0.717) is 18.0 Å². The predicted octanol–water partition coefficient (Wildman–Crippen LogP) is 2.63. The largest absolute Gasteiger partial charge is 0.397 e. The first-order valence-electron chi connectivity index (χ1n) is 5.76. The highest BCUT2D eigenvalue weighted by atomic mass is 79.9. The third kappa shape index (κ3) is 2.32. The second-order valence-electron chi connectivity index (χ2n) is 4.75. The van der Waals surface area contributed by atoms with Gasteiger partial charge in [0.15, 0.2) is 0 Å². The second kappa shape index (κ2) is 4.69. The molecule has 1 aliphatic heterocycles. The van der Waals surface area contributed by atoms with Gasteiger partial charge in [0.1, 0.15) is 0 Å². The number of carbonyl (C=O) groups is 1. The normalized spacial score (nSPS) is 20.1. The fourth-order valence-corrected chi connectivity index (χ4v) is 2.90. The Balaban J connectivity index is 2.38. The summed E-state index contributed by atoms with van der Waals surface area (Å²) in [6, 6.07) is 4.00. The van der Waals surface area contributed by atoms with Gasteiger partial charge in [-0.15, -0.1) is 0 Å². The highest BCUT2D eigenvalue weighted by Crippen LogP contribution is 2.34. The van der Waals surface area contributed by atoms with E-state index in [1.807, 2.05) is 24.8 Å². The summed E-state index contributed by atoms with van der Waals surface area (Å²) in [4.78, 5) is 13.8. The molecule has 1 atom stereocenters. The summed E-state index contributed by atoms with van der Waals surface area (Å²) in [6.07, 6.45) is 0.609. The van der Waals surface area contributed by atoms with E-state index in [4.69, 9.17) is 5.73 Å². The van der Waals surface area contributed by atoms with Crippen molar-refractivity contribution in [3.63, 3.8) is 0 Å². The average molecular weight is 297 g/mol. The number of anilines is 2. The van der Waals surface area contributed by atoms with Gasteiger partial charge in [-0.2, -0.15) is 0 Å². The standard InChI is InChI=1S/C13H17BrN2O/c1-8-3-9(2)13(11(15)4-8)16-7-10(6-14)5-12(16)17/h3-4,10H,5-7,15H2,1-2H3. The summed E-state index contributed by atoms with van der Waals surface area (Å²) in [5.74, 6) is 0.565. The van der Waals surface area contributed by atoms with Crippen molar-refractivity contribution in [1.82, 2.24) is 0 Å². The van der Waals surface area contributed by atoms with E-state index in [1.54, 1.807) is 0 Å². The zero-order valence-corrected chi connectivity index (χ0v) is 11.8. The van der Waals surface area contributed by atoms with Crippen molar-refractivity contribution in [1.29, 1.82) is 0 Å². The lowest BCUT2D eigenvalue weighted by Gasteiger charge is -2.21. The lowest BCUT2D eigenvalue weighted by atomic mass is 10.1. The molecular formula is C13H17BrN2O. The third-order valence-corrected chi connectivity index (χ3v) is 4.08. The quantitative estimate of drug-likeness (QED) is 0.674. The number of nitrogens with two attached hydrogens (primary N) is 1. The monoisotopic (exact) mass is 296 g/mol. The molecule has 1 heterocycles. The lowest BCUT2D eigenvalue weighted by molar-refractivity contribution is -0.117. The fraction of sp³-hybridized carbons (Fsp3) is 0.462. The molecule has 0 saturated carbocycles. The molecular weight excluding hydrogens is 280 g/mol. The lowest BCUT2D eigenvalue weighted by Crippen LogP contribution is -2.26. The van der Waals surface area contributed by atoms with Crippen molar-refractivity contribution >= 4 is 33.2 Å². The molecule has 1 saturated heterocycles. The smallest absolute Gasteiger partial charge is 0.227 e. The van der Waals surface area contributed by atoms with Crippen molar-refractivity contribution in [2.24, 2.45) is 5.92 Å².